The average molecular weight is 360 g/mol. The molecule has 2 aromatic carbocycles. The first kappa shape index (κ1) is 18.7. The standard InChI is InChI=1S/C21H27FN2O2/c1-4-18(23)21-17-12-20(26-3)19(25-2)11-15(17)8-9-24(21)13-14-6-5-7-16(22)10-14/h5-7,10-12,18,21H,4,8-9,13,23H2,1-3H3/p+2/t18-,21-/m0/s1. The minimum atomic E-state index is -0.177. The molecule has 2 aromatic rings. The van der Waals surface area contributed by atoms with Gasteiger partial charge in [0.25, 0.3) is 0 Å². The van der Waals surface area contributed by atoms with Crippen molar-refractivity contribution >= 4 is 0 Å². The van der Waals surface area contributed by atoms with Gasteiger partial charge in [0.2, 0.25) is 0 Å². The minimum Gasteiger partial charge on any atom is -0.493 e. The molecule has 4 N–H and O–H groups in total. The highest BCUT2D eigenvalue weighted by molar-refractivity contribution is 5.49. The maximum Gasteiger partial charge on any atom is 0.166 e. The minimum absolute atomic E-state index is 0.177. The Balaban J connectivity index is 1.98. The van der Waals surface area contributed by atoms with Gasteiger partial charge in [-0.2, -0.15) is 0 Å². The number of quaternary nitrogens is 2. The van der Waals surface area contributed by atoms with Crippen LogP contribution in [0.3, 0.4) is 0 Å². The van der Waals surface area contributed by atoms with Crippen molar-refractivity contribution < 1.29 is 24.5 Å². The van der Waals surface area contributed by atoms with Crippen LogP contribution in [0, 0.1) is 5.82 Å². The third-order valence-corrected chi connectivity index (χ3v) is 5.45. The third kappa shape index (κ3) is 3.69. The van der Waals surface area contributed by atoms with Crippen LogP contribution in [0.25, 0.3) is 0 Å². The van der Waals surface area contributed by atoms with Crippen LogP contribution < -0.4 is 20.1 Å². The Kier molecular flexibility index (Phi) is 5.79. The smallest absolute Gasteiger partial charge is 0.166 e. The van der Waals surface area contributed by atoms with Gasteiger partial charge in [0.1, 0.15) is 18.4 Å². The van der Waals surface area contributed by atoms with Gasteiger partial charge in [-0.15, -0.1) is 0 Å². The largest absolute Gasteiger partial charge is 0.493 e. The lowest BCUT2D eigenvalue weighted by atomic mass is 9.86. The molecule has 0 aromatic heterocycles. The molecular formula is C21H29FN2O2+2. The summed E-state index contributed by atoms with van der Waals surface area (Å²) in [5.74, 6) is 1.35. The van der Waals surface area contributed by atoms with Crippen molar-refractivity contribution in [3.63, 3.8) is 0 Å². The average Bonchev–Trinajstić information content (AvgIpc) is 2.66. The van der Waals surface area contributed by atoms with E-state index >= 15 is 0 Å². The Labute approximate surface area is 154 Å². The van der Waals surface area contributed by atoms with E-state index in [0.717, 1.165) is 43.0 Å². The van der Waals surface area contributed by atoms with Gasteiger partial charge in [-0.05, 0) is 29.8 Å². The van der Waals surface area contributed by atoms with Crippen LogP contribution in [0.2, 0.25) is 0 Å². The number of ether oxygens (including phenoxy) is 2. The third-order valence-electron chi connectivity index (χ3n) is 5.45. The number of hydrogen-bond donors (Lipinski definition) is 2. The molecule has 0 spiro atoms. The van der Waals surface area contributed by atoms with Crippen LogP contribution in [-0.4, -0.2) is 26.8 Å². The van der Waals surface area contributed by atoms with Crippen molar-refractivity contribution in [3.8, 4) is 11.5 Å². The maximum atomic E-state index is 13.6. The van der Waals surface area contributed by atoms with Gasteiger partial charge in [0.05, 0.1) is 20.8 Å². The fourth-order valence-corrected chi connectivity index (χ4v) is 4.04. The zero-order chi connectivity index (χ0) is 18.7. The molecule has 0 bridgehead atoms. The van der Waals surface area contributed by atoms with Crippen LogP contribution in [-0.2, 0) is 13.0 Å². The summed E-state index contributed by atoms with van der Waals surface area (Å²) in [6, 6.07) is 11.7. The van der Waals surface area contributed by atoms with Crippen LogP contribution >= 0.6 is 0 Å². The van der Waals surface area contributed by atoms with Gasteiger partial charge in [-0.25, -0.2) is 4.39 Å². The Morgan fingerprint density at radius 1 is 1.19 bits per heavy atom. The fourth-order valence-electron chi connectivity index (χ4n) is 4.04. The van der Waals surface area contributed by atoms with E-state index in [0.29, 0.717) is 0 Å². The predicted octanol–water partition coefficient (Wildman–Crippen LogP) is 1.55. The summed E-state index contributed by atoms with van der Waals surface area (Å²) in [6.45, 7) is 3.96. The van der Waals surface area contributed by atoms with Crippen molar-refractivity contribution in [2.24, 2.45) is 0 Å². The molecule has 0 aliphatic carbocycles. The number of rotatable bonds is 6. The van der Waals surface area contributed by atoms with E-state index in [1.54, 1.807) is 26.4 Å². The van der Waals surface area contributed by atoms with E-state index in [1.165, 1.54) is 22.1 Å². The lowest BCUT2D eigenvalue weighted by molar-refractivity contribution is -0.957. The first-order chi connectivity index (χ1) is 12.6. The lowest BCUT2D eigenvalue weighted by Gasteiger charge is -2.36. The van der Waals surface area contributed by atoms with Crippen molar-refractivity contribution in [3.05, 3.63) is 58.9 Å². The second kappa shape index (κ2) is 8.06. The number of halogens is 1. The van der Waals surface area contributed by atoms with Gasteiger partial charge in [0, 0.05) is 24.0 Å². The first-order valence-corrected chi connectivity index (χ1v) is 9.24. The molecule has 1 aliphatic rings. The van der Waals surface area contributed by atoms with Gasteiger partial charge in [-0.3, -0.25) is 0 Å². The van der Waals surface area contributed by atoms with Gasteiger partial charge in [0.15, 0.2) is 17.5 Å². The van der Waals surface area contributed by atoms with E-state index in [1.807, 2.05) is 6.07 Å². The Bertz CT molecular complexity index is 766. The number of methoxy groups -OCH3 is 2. The highest BCUT2D eigenvalue weighted by atomic mass is 19.1. The molecule has 1 aliphatic heterocycles. The molecule has 140 valence electrons. The van der Waals surface area contributed by atoms with E-state index in [4.69, 9.17) is 9.47 Å². The molecular weight excluding hydrogens is 331 g/mol. The monoisotopic (exact) mass is 360 g/mol. The van der Waals surface area contributed by atoms with Crippen LogP contribution in [0.1, 0.15) is 36.1 Å². The van der Waals surface area contributed by atoms with Crippen molar-refractivity contribution in [1.29, 1.82) is 0 Å². The van der Waals surface area contributed by atoms with Crippen LogP contribution in [0.15, 0.2) is 36.4 Å². The molecule has 0 saturated carbocycles. The first-order valence-electron chi connectivity index (χ1n) is 9.24. The summed E-state index contributed by atoms with van der Waals surface area (Å²) >= 11 is 0. The zero-order valence-electron chi connectivity index (χ0n) is 15.8. The Morgan fingerprint density at radius 2 is 1.92 bits per heavy atom. The zero-order valence-corrected chi connectivity index (χ0v) is 15.8. The highest BCUT2D eigenvalue weighted by Crippen LogP contribution is 2.35. The molecule has 1 heterocycles. The molecule has 0 fully saturated rings. The molecule has 5 heteroatoms. The Morgan fingerprint density at radius 3 is 2.58 bits per heavy atom. The summed E-state index contributed by atoms with van der Waals surface area (Å²) < 4.78 is 24.6. The lowest BCUT2D eigenvalue weighted by Crippen LogP contribution is -3.14. The summed E-state index contributed by atoms with van der Waals surface area (Å²) in [7, 11) is 3.34. The SMILES string of the molecule is CC[C@H]([NH3+])[C@@H]1c2cc(OC)c(OC)cc2CC[NH+]1Cc1cccc(F)c1. The molecule has 1 unspecified atom stereocenters. The number of benzene rings is 2. The topological polar surface area (TPSA) is 50.5 Å². The second-order valence-electron chi connectivity index (χ2n) is 7.02. The van der Waals surface area contributed by atoms with Gasteiger partial charge >= 0.3 is 0 Å². The predicted molar refractivity (Wildman–Crippen MR) is 98.9 cm³/mol. The summed E-state index contributed by atoms with van der Waals surface area (Å²) in [4.78, 5) is 1.43. The van der Waals surface area contributed by atoms with E-state index < -0.39 is 0 Å². The summed E-state index contributed by atoms with van der Waals surface area (Å²) in [5, 5.41) is 0. The van der Waals surface area contributed by atoms with Gasteiger partial charge in [-0.1, -0.05) is 19.1 Å². The summed E-state index contributed by atoms with van der Waals surface area (Å²) in [6.07, 6.45) is 1.96. The molecule has 0 saturated heterocycles. The number of fused-ring (bicyclic) bond motifs is 1. The molecule has 3 rings (SSSR count). The van der Waals surface area contributed by atoms with Crippen LogP contribution in [0.4, 0.5) is 4.39 Å². The molecule has 0 amide bonds. The number of nitrogens with one attached hydrogen (secondary N) is 1. The van der Waals surface area contributed by atoms with E-state index in [9.17, 15) is 4.39 Å². The van der Waals surface area contributed by atoms with Crippen molar-refractivity contribution in [2.45, 2.75) is 38.4 Å². The quantitative estimate of drug-likeness (QED) is 0.821. The number of hydrogen-bond acceptors (Lipinski definition) is 2. The molecule has 26 heavy (non-hydrogen) atoms. The molecule has 3 atom stereocenters. The second-order valence-corrected chi connectivity index (χ2v) is 7.02. The summed E-state index contributed by atoms with van der Waals surface area (Å²) in [5.41, 5.74) is 8.03. The normalized spacial score (nSPS) is 20.3. The van der Waals surface area contributed by atoms with E-state index in [2.05, 4.69) is 24.8 Å². The van der Waals surface area contributed by atoms with Crippen LogP contribution in [0.5, 0.6) is 11.5 Å². The van der Waals surface area contributed by atoms with Crippen molar-refractivity contribution in [2.75, 3.05) is 20.8 Å². The molecule has 4 nitrogen and oxygen atoms in total. The Hall–Kier alpha value is -2.11. The molecule has 0 radical (unpaired) electrons. The maximum absolute atomic E-state index is 13.6. The van der Waals surface area contributed by atoms with E-state index in [-0.39, 0.29) is 17.9 Å². The van der Waals surface area contributed by atoms with Gasteiger partial charge < -0.3 is 20.1 Å². The van der Waals surface area contributed by atoms with Crippen molar-refractivity contribution in [1.82, 2.24) is 0 Å². The highest BCUT2D eigenvalue weighted by Gasteiger charge is 2.38. The fraction of sp³-hybridized carbons (Fsp3) is 0.429.